The number of ether oxygens (including phenoxy) is 6. The Morgan fingerprint density at radius 1 is 0.793 bits per heavy atom. The molecule has 1 spiro atoms. The number of hydrogen-bond donors (Lipinski definition) is 7. The highest BCUT2D eigenvalue weighted by atomic mass is 16.7. The van der Waals surface area contributed by atoms with Gasteiger partial charge in [-0.25, -0.2) is 0 Å². The normalized spacial score (nSPS) is 57.1. The van der Waals surface area contributed by atoms with E-state index in [1.807, 2.05) is 0 Å². The van der Waals surface area contributed by atoms with E-state index in [1.165, 1.54) is 0 Å². The third-order valence-electron chi connectivity index (χ3n) is 18.2. The zero-order valence-corrected chi connectivity index (χ0v) is 35.6. The Kier molecular flexibility index (Phi) is 10.8. The van der Waals surface area contributed by atoms with Crippen LogP contribution in [0.2, 0.25) is 0 Å². The maximum absolute atomic E-state index is 12.2. The van der Waals surface area contributed by atoms with Crippen molar-refractivity contribution in [1.82, 2.24) is 0 Å². The minimum atomic E-state index is -1.75. The van der Waals surface area contributed by atoms with Gasteiger partial charge in [0.25, 0.3) is 0 Å². The monoisotopic (exact) mass is 822 g/mol. The van der Waals surface area contributed by atoms with Crippen LogP contribution in [0.1, 0.15) is 107 Å². The molecule has 21 atom stereocenters. The molecule has 0 aromatic heterocycles. The molecule has 0 aromatic carbocycles. The zero-order chi connectivity index (χ0) is 42.2. The van der Waals surface area contributed by atoms with E-state index < -0.39 is 97.2 Å². The van der Waals surface area contributed by atoms with Gasteiger partial charge in [-0.05, 0) is 86.4 Å². The summed E-state index contributed by atoms with van der Waals surface area (Å²) >= 11 is 0. The number of fused-ring (bicyclic) bond motifs is 4. The number of esters is 1. The second kappa shape index (κ2) is 14.4. The van der Waals surface area contributed by atoms with Gasteiger partial charge in [0.2, 0.25) is 0 Å². The summed E-state index contributed by atoms with van der Waals surface area (Å²) in [7, 11) is 0. The molecule has 14 nitrogen and oxygen atoms in total. The first-order valence-corrected chi connectivity index (χ1v) is 21.8. The Labute approximate surface area is 342 Å². The summed E-state index contributed by atoms with van der Waals surface area (Å²) in [6.07, 6.45) is -3.51. The Morgan fingerprint density at radius 3 is 2.17 bits per heavy atom. The molecule has 330 valence electrons. The fourth-order valence-electron chi connectivity index (χ4n) is 14.6. The Morgan fingerprint density at radius 2 is 1.50 bits per heavy atom. The fourth-order valence-corrected chi connectivity index (χ4v) is 14.6. The Hall–Kier alpha value is -1.27. The molecule has 5 aliphatic carbocycles. The molecule has 0 unspecified atom stereocenters. The van der Waals surface area contributed by atoms with Crippen molar-refractivity contribution < 1.29 is 69.0 Å². The average Bonchev–Trinajstić information content (AvgIpc) is 3.44. The van der Waals surface area contributed by atoms with E-state index in [4.69, 9.17) is 28.4 Å². The molecule has 3 saturated heterocycles. The summed E-state index contributed by atoms with van der Waals surface area (Å²) in [4.78, 5) is 11.6. The van der Waals surface area contributed by atoms with Crippen LogP contribution in [0.15, 0.2) is 12.2 Å². The first-order valence-electron chi connectivity index (χ1n) is 21.8. The van der Waals surface area contributed by atoms with Crippen molar-refractivity contribution in [2.45, 2.75) is 186 Å². The van der Waals surface area contributed by atoms with Crippen LogP contribution in [0.5, 0.6) is 0 Å². The fraction of sp³-hybridized carbons (Fsp3) is 0.932. The number of carbonyl (C=O) groups is 1. The van der Waals surface area contributed by atoms with E-state index in [-0.39, 0.29) is 51.4 Å². The third kappa shape index (κ3) is 5.89. The third-order valence-corrected chi connectivity index (χ3v) is 18.2. The molecule has 58 heavy (non-hydrogen) atoms. The van der Waals surface area contributed by atoms with Gasteiger partial charge < -0.3 is 64.2 Å². The molecule has 4 saturated carbocycles. The standard InChI is InChI=1S/C44H70O14/c1-22-30(49)35(58-36-32(51)31(50)34(55-23(2)47)24(19-45)56-36)33(52)37(54-22)57-29-11-12-39(5)25(40(29,6)20-46)9-13-41(7)26(39)10-14-44-27-17-38(3,4)15-16-43(27,21-53-44)28(48)18-42(41,44)8/h10,14,22,24-37,45-46,48-52H,9,11-13,15-21H2,1-8H3/t22-,24-,25+,26-,27-,28-,29+,30+,31-,32-,33-,34-,35+,36+,37+,39+,40+,41-,42+,43-,44+/m1/s1. The molecule has 8 rings (SSSR count). The van der Waals surface area contributed by atoms with E-state index >= 15 is 0 Å². The summed E-state index contributed by atoms with van der Waals surface area (Å²) in [6.45, 7) is 16.5. The van der Waals surface area contributed by atoms with Gasteiger partial charge in [-0.2, -0.15) is 0 Å². The van der Waals surface area contributed by atoms with Crippen LogP contribution in [-0.2, 0) is 33.2 Å². The second-order valence-corrected chi connectivity index (χ2v) is 21.5. The van der Waals surface area contributed by atoms with E-state index in [0.29, 0.717) is 19.4 Å². The maximum Gasteiger partial charge on any atom is 0.303 e. The van der Waals surface area contributed by atoms with Crippen molar-refractivity contribution in [2.75, 3.05) is 19.8 Å². The lowest BCUT2D eigenvalue weighted by Gasteiger charge is -2.73. The zero-order valence-electron chi connectivity index (χ0n) is 35.6. The molecule has 8 aliphatic rings. The van der Waals surface area contributed by atoms with Crippen molar-refractivity contribution >= 4 is 5.97 Å². The predicted molar refractivity (Wildman–Crippen MR) is 206 cm³/mol. The van der Waals surface area contributed by atoms with Crippen LogP contribution >= 0.6 is 0 Å². The maximum atomic E-state index is 12.2. The highest BCUT2D eigenvalue weighted by Crippen LogP contribution is 2.79. The van der Waals surface area contributed by atoms with Crippen LogP contribution in [-0.4, -0.2) is 141 Å². The average molecular weight is 823 g/mol. The van der Waals surface area contributed by atoms with Crippen molar-refractivity contribution in [3.05, 3.63) is 12.2 Å². The van der Waals surface area contributed by atoms with Crippen molar-refractivity contribution in [3.8, 4) is 0 Å². The molecule has 0 amide bonds. The lowest BCUT2D eigenvalue weighted by atomic mass is 9.32. The molecule has 0 aromatic rings. The van der Waals surface area contributed by atoms with E-state index in [1.54, 1.807) is 6.92 Å². The molecule has 0 radical (unpaired) electrons. The van der Waals surface area contributed by atoms with Crippen LogP contribution in [0, 0.1) is 50.2 Å². The van der Waals surface area contributed by atoms with Gasteiger partial charge in [-0.3, -0.25) is 4.79 Å². The largest absolute Gasteiger partial charge is 0.457 e. The highest BCUT2D eigenvalue weighted by Gasteiger charge is 2.79. The van der Waals surface area contributed by atoms with E-state index in [2.05, 4.69) is 53.7 Å². The minimum Gasteiger partial charge on any atom is -0.457 e. The summed E-state index contributed by atoms with van der Waals surface area (Å²) in [5.41, 5.74) is -1.98. The van der Waals surface area contributed by atoms with Crippen LogP contribution in [0.3, 0.4) is 0 Å². The predicted octanol–water partition coefficient (Wildman–Crippen LogP) is 2.35. The van der Waals surface area contributed by atoms with E-state index in [0.717, 1.165) is 45.4 Å². The van der Waals surface area contributed by atoms with Crippen molar-refractivity contribution in [2.24, 2.45) is 50.2 Å². The molecule has 3 heterocycles. The number of hydrogen-bond acceptors (Lipinski definition) is 14. The minimum absolute atomic E-state index is 0.0264. The number of allylic oxidation sites excluding steroid dienone is 1. The highest BCUT2D eigenvalue weighted by molar-refractivity contribution is 5.66. The molecule has 7 fully saturated rings. The summed E-state index contributed by atoms with van der Waals surface area (Å²) in [6, 6.07) is 0. The lowest BCUT2D eigenvalue weighted by Crippen LogP contribution is -2.72. The number of carbonyl (C=O) groups excluding carboxylic acids is 1. The van der Waals surface area contributed by atoms with Crippen LogP contribution < -0.4 is 0 Å². The van der Waals surface area contributed by atoms with Gasteiger partial charge in [-0.15, -0.1) is 0 Å². The molecule has 14 heteroatoms. The quantitative estimate of drug-likeness (QED) is 0.112. The van der Waals surface area contributed by atoms with Crippen molar-refractivity contribution in [3.63, 3.8) is 0 Å². The first kappa shape index (κ1) is 43.4. The van der Waals surface area contributed by atoms with Gasteiger partial charge in [0.05, 0.1) is 43.7 Å². The van der Waals surface area contributed by atoms with Gasteiger partial charge in [-0.1, -0.05) is 53.7 Å². The van der Waals surface area contributed by atoms with Crippen molar-refractivity contribution in [1.29, 1.82) is 0 Å². The molecule has 2 bridgehead atoms. The van der Waals surface area contributed by atoms with Gasteiger partial charge in [0.15, 0.2) is 18.7 Å². The number of rotatable bonds is 7. The lowest BCUT2D eigenvalue weighted by molar-refractivity contribution is -0.367. The Bertz CT molecular complexity index is 1610. The summed E-state index contributed by atoms with van der Waals surface area (Å²) in [5, 5.41) is 78.0. The summed E-state index contributed by atoms with van der Waals surface area (Å²) < 4.78 is 36.6. The van der Waals surface area contributed by atoms with E-state index in [9.17, 15) is 40.5 Å². The topological polar surface area (TPSA) is 214 Å². The van der Waals surface area contributed by atoms with Gasteiger partial charge >= 0.3 is 5.97 Å². The number of aliphatic hydroxyl groups is 7. The SMILES string of the molecule is CC(=O)O[C@H]1[C@H](O)[C@@H](O)[C@H](O[C@H]2[C@@H](O)[C@@H](C)O[C@@H](O[C@H]3CC[C@@]4(C)[C@H](CC[C@]5(C)[C@@H]4C=C[C@]46OC[C@@]7(CCC(C)(C)C[C@H]74)[C@H](O)C[C@]65C)[C@]3(C)CO)[C@@H]2O)O[C@@H]1CO. The molecule has 7 N–H and O–H groups in total. The van der Waals surface area contributed by atoms with Crippen LogP contribution in [0.25, 0.3) is 0 Å². The van der Waals surface area contributed by atoms with Crippen LogP contribution in [0.4, 0.5) is 0 Å². The van der Waals surface area contributed by atoms with Gasteiger partial charge in [0.1, 0.15) is 36.6 Å². The molecular weight excluding hydrogens is 752 g/mol. The first-order chi connectivity index (χ1) is 27.1. The molecular formula is C44H70O14. The Balaban J connectivity index is 1.03. The molecule has 3 aliphatic heterocycles. The second-order valence-electron chi connectivity index (χ2n) is 21.5. The number of aliphatic hydroxyl groups excluding tert-OH is 7. The smallest absolute Gasteiger partial charge is 0.303 e. The summed E-state index contributed by atoms with van der Waals surface area (Å²) in [5.74, 6) is -0.331. The van der Waals surface area contributed by atoms with Gasteiger partial charge in [0, 0.05) is 29.1 Å².